The van der Waals surface area contributed by atoms with E-state index in [4.69, 9.17) is 5.73 Å². The van der Waals surface area contributed by atoms with E-state index in [0.717, 1.165) is 18.2 Å². The Morgan fingerprint density at radius 2 is 2.25 bits per heavy atom. The second-order valence-electron chi connectivity index (χ2n) is 3.20. The van der Waals surface area contributed by atoms with E-state index in [0.29, 0.717) is 0 Å². The van der Waals surface area contributed by atoms with Crippen molar-refractivity contribution in [1.82, 2.24) is 0 Å². The molecule has 1 atom stereocenters. The molecule has 0 aromatic heterocycles. The first-order chi connectivity index (χ1) is 7.41. The minimum Gasteiger partial charge on any atom is -0.320 e. The molecule has 7 heteroatoms. The third-order valence-corrected chi connectivity index (χ3v) is 1.83. The highest BCUT2D eigenvalue weighted by Gasteiger charge is 2.17. The Bertz CT molecular complexity index is 434. The second kappa shape index (κ2) is 4.67. The van der Waals surface area contributed by atoms with Gasteiger partial charge >= 0.3 is 0 Å². The van der Waals surface area contributed by atoms with Crippen molar-refractivity contribution in [3.63, 3.8) is 0 Å². The summed E-state index contributed by atoms with van der Waals surface area (Å²) in [5.74, 6) is -1.29. The molecule has 0 aliphatic heterocycles. The first-order valence-corrected chi connectivity index (χ1v) is 4.42. The van der Waals surface area contributed by atoms with Crippen molar-refractivity contribution in [2.24, 2.45) is 5.73 Å². The number of carbonyl (C=O) groups is 1. The Balaban J connectivity index is 3.06. The highest BCUT2D eigenvalue weighted by atomic mass is 19.1. The zero-order valence-corrected chi connectivity index (χ0v) is 8.44. The van der Waals surface area contributed by atoms with Crippen LogP contribution in [0.5, 0.6) is 0 Å². The number of nitrogens with zero attached hydrogens (tertiary/aromatic N) is 1. The fourth-order valence-corrected chi connectivity index (χ4v) is 1.01. The van der Waals surface area contributed by atoms with E-state index in [9.17, 15) is 19.3 Å². The lowest BCUT2D eigenvalue weighted by molar-refractivity contribution is -0.384. The molecule has 0 saturated heterocycles. The number of nitrogens with one attached hydrogen (secondary N) is 1. The van der Waals surface area contributed by atoms with Crippen molar-refractivity contribution in [3.05, 3.63) is 34.1 Å². The summed E-state index contributed by atoms with van der Waals surface area (Å²) >= 11 is 0. The summed E-state index contributed by atoms with van der Waals surface area (Å²) in [5.41, 5.74) is 4.69. The minimum atomic E-state index is -0.831. The van der Waals surface area contributed by atoms with Crippen molar-refractivity contribution in [2.45, 2.75) is 13.0 Å². The van der Waals surface area contributed by atoms with Crippen LogP contribution >= 0.6 is 0 Å². The van der Waals surface area contributed by atoms with E-state index in [2.05, 4.69) is 5.32 Å². The predicted molar refractivity (Wildman–Crippen MR) is 55.3 cm³/mol. The van der Waals surface area contributed by atoms with Crippen LogP contribution < -0.4 is 11.1 Å². The highest BCUT2D eigenvalue weighted by molar-refractivity contribution is 5.96. The Labute approximate surface area is 90.4 Å². The van der Waals surface area contributed by atoms with Gasteiger partial charge in [-0.15, -0.1) is 0 Å². The minimum absolute atomic E-state index is 0.202. The molecule has 0 radical (unpaired) electrons. The third-order valence-electron chi connectivity index (χ3n) is 1.83. The molecular weight excluding hydrogens is 217 g/mol. The molecule has 6 nitrogen and oxygen atoms in total. The van der Waals surface area contributed by atoms with Gasteiger partial charge in [0.05, 0.1) is 11.0 Å². The number of nitrogens with two attached hydrogens (primary N) is 1. The van der Waals surface area contributed by atoms with Crippen molar-refractivity contribution >= 4 is 17.3 Å². The Morgan fingerprint density at radius 1 is 1.62 bits per heavy atom. The summed E-state index contributed by atoms with van der Waals surface area (Å²) in [5, 5.41) is 12.8. The van der Waals surface area contributed by atoms with Gasteiger partial charge in [0.25, 0.3) is 5.69 Å². The summed E-state index contributed by atoms with van der Waals surface area (Å²) in [4.78, 5) is 21.1. The Hall–Kier alpha value is -2.02. The summed E-state index contributed by atoms with van der Waals surface area (Å²) in [7, 11) is 0. The number of halogens is 1. The van der Waals surface area contributed by atoms with E-state index >= 15 is 0 Å². The van der Waals surface area contributed by atoms with Gasteiger partial charge in [-0.05, 0) is 13.0 Å². The molecule has 0 heterocycles. The maximum Gasteiger partial charge on any atom is 0.292 e. The maximum absolute atomic E-state index is 12.9. The number of amides is 1. The lowest BCUT2D eigenvalue weighted by atomic mass is 10.2. The lowest BCUT2D eigenvalue weighted by Crippen LogP contribution is -2.32. The van der Waals surface area contributed by atoms with Gasteiger partial charge < -0.3 is 11.1 Å². The molecule has 16 heavy (non-hydrogen) atoms. The van der Waals surface area contributed by atoms with Crippen LogP contribution in [0.3, 0.4) is 0 Å². The molecule has 0 unspecified atom stereocenters. The average molecular weight is 227 g/mol. The summed E-state index contributed by atoms with van der Waals surface area (Å²) in [6, 6.07) is 1.97. The van der Waals surface area contributed by atoms with Crippen molar-refractivity contribution in [3.8, 4) is 0 Å². The van der Waals surface area contributed by atoms with Gasteiger partial charge in [-0.25, -0.2) is 4.39 Å². The smallest absolute Gasteiger partial charge is 0.292 e. The first kappa shape index (κ1) is 12.1. The normalized spacial score (nSPS) is 11.9. The van der Waals surface area contributed by atoms with Crippen molar-refractivity contribution in [1.29, 1.82) is 0 Å². The molecule has 1 amide bonds. The van der Waals surface area contributed by atoms with Crippen LogP contribution in [0, 0.1) is 15.9 Å². The zero-order valence-electron chi connectivity index (χ0n) is 8.44. The number of rotatable bonds is 3. The average Bonchev–Trinajstić information content (AvgIpc) is 2.16. The van der Waals surface area contributed by atoms with Gasteiger partial charge in [0.15, 0.2) is 0 Å². The molecular formula is C9H10FN3O3. The first-order valence-electron chi connectivity index (χ1n) is 4.42. The van der Waals surface area contributed by atoms with Gasteiger partial charge in [0, 0.05) is 12.1 Å². The van der Waals surface area contributed by atoms with Gasteiger partial charge in [0.2, 0.25) is 5.91 Å². The van der Waals surface area contributed by atoms with E-state index in [-0.39, 0.29) is 11.4 Å². The Kier molecular flexibility index (Phi) is 3.51. The van der Waals surface area contributed by atoms with Crippen molar-refractivity contribution < 1.29 is 14.1 Å². The van der Waals surface area contributed by atoms with Gasteiger partial charge in [-0.1, -0.05) is 0 Å². The lowest BCUT2D eigenvalue weighted by Gasteiger charge is -2.07. The zero-order chi connectivity index (χ0) is 12.3. The Morgan fingerprint density at radius 3 is 2.75 bits per heavy atom. The van der Waals surface area contributed by atoms with Crippen LogP contribution in [0.1, 0.15) is 6.92 Å². The molecule has 1 rings (SSSR count). The molecule has 86 valence electrons. The van der Waals surface area contributed by atoms with Gasteiger partial charge in [-0.2, -0.15) is 0 Å². The molecule has 0 aliphatic rings. The summed E-state index contributed by atoms with van der Waals surface area (Å²) in [6.45, 7) is 1.42. The fourth-order valence-electron chi connectivity index (χ4n) is 1.01. The number of carbonyl (C=O) groups excluding carboxylic acids is 1. The van der Waals surface area contributed by atoms with Crippen molar-refractivity contribution in [2.75, 3.05) is 5.32 Å². The third kappa shape index (κ3) is 2.74. The summed E-state index contributed by atoms with van der Waals surface area (Å²) < 4.78 is 12.9. The monoisotopic (exact) mass is 227 g/mol. The number of nitro benzene ring substituents is 1. The number of hydrogen-bond acceptors (Lipinski definition) is 4. The molecule has 3 N–H and O–H groups in total. The molecule has 0 fully saturated rings. The van der Waals surface area contributed by atoms with E-state index in [1.54, 1.807) is 0 Å². The standard InChI is InChI=1S/C9H10FN3O3/c1-5(11)9(14)12-7-4-6(10)2-3-8(7)13(15)16/h2-5H,11H2,1H3,(H,12,14)/t5-/m1/s1. The molecule has 1 aromatic rings. The number of hydrogen-bond donors (Lipinski definition) is 2. The van der Waals surface area contributed by atoms with Gasteiger partial charge in [-0.3, -0.25) is 14.9 Å². The number of benzene rings is 1. The van der Waals surface area contributed by atoms with Crippen LogP contribution in [-0.2, 0) is 4.79 Å². The van der Waals surface area contributed by atoms with Crippen LogP contribution in [-0.4, -0.2) is 16.9 Å². The molecule has 0 saturated carbocycles. The van der Waals surface area contributed by atoms with Gasteiger partial charge in [0.1, 0.15) is 11.5 Å². The number of anilines is 1. The highest BCUT2D eigenvalue weighted by Crippen LogP contribution is 2.24. The molecule has 0 spiro atoms. The predicted octanol–water partition coefficient (Wildman–Crippen LogP) is 1.02. The molecule has 0 aliphatic carbocycles. The van der Waals surface area contributed by atoms with Crippen LogP contribution in [0.15, 0.2) is 18.2 Å². The summed E-state index contributed by atoms with van der Waals surface area (Å²) in [6.07, 6.45) is 0. The van der Waals surface area contributed by atoms with Crippen LogP contribution in [0.2, 0.25) is 0 Å². The fraction of sp³-hybridized carbons (Fsp3) is 0.222. The molecule has 0 bridgehead atoms. The van der Waals surface area contributed by atoms with E-state index < -0.39 is 22.7 Å². The quantitative estimate of drug-likeness (QED) is 0.594. The largest absolute Gasteiger partial charge is 0.320 e. The van der Waals surface area contributed by atoms with Crippen LogP contribution in [0.4, 0.5) is 15.8 Å². The molecule has 1 aromatic carbocycles. The van der Waals surface area contributed by atoms with Crippen LogP contribution in [0.25, 0.3) is 0 Å². The van der Waals surface area contributed by atoms with E-state index in [1.165, 1.54) is 6.92 Å². The SMILES string of the molecule is C[C@@H](N)C(=O)Nc1cc(F)ccc1[N+](=O)[O-]. The topological polar surface area (TPSA) is 98.3 Å². The van der Waals surface area contributed by atoms with E-state index in [1.807, 2.05) is 0 Å². The maximum atomic E-state index is 12.9. The number of nitro groups is 1. The second-order valence-corrected chi connectivity index (χ2v) is 3.20.